The fourth-order valence-corrected chi connectivity index (χ4v) is 4.11. The van der Waals surface area contributed by atoms with E-state index in [1.165, 1.54) is 37.7 Å². The third-order valence-electron chi connectivity index (χ3n) is 5.66. The number of nitrogens with zero attached hydrogens (tertiary/aromatic N) is 2. The number of nitrogens with two attached hydrogens (primary N) is 1. The molecule has 0 spiro atoms. The van der Waals surface area contributed by atoms with Gasteiger partial charge in [-0.2, -0.15) is 0 Å². The number of hydrogen-bond donors (Lipinski definition) is 1. The zero-order chi connectivity index (χ0) is 16.4. The van der Waals surface area contributed by atoms with Crippen molar-refractivity contribution < 1.29 is 4.79 Å². The summed E-state index contributed by atoms with van der Waals surface area (Å²) >= 11 is 0. The van der Waals surface area contributed by atoms with Crippen molar-refractivity contribution >= 4 is 11.7 Å². The first-order valence-corrected chi connectivity index (χ1v) is 8.96. The van der Waals surface area contributed by atoms with Crippen LogP contribution in [0.2, 0.25) is 0 Å². The third kappa shape index (κ3) is 2.97. The van der Waals surface area contributed by atoms with Crippen LogP contribution in [0.25, 0.3) is 0 Å². The molecule has 126 valence electrons. The minimum absolute atomic E-state index is 0.124. The van der Waals surface area contributed by atoms with Crippen molar-refractivity contribution in [1.82, 2.24) is 4.90 Å². The molecule has 1 aliphatic carbocycles. The number of carbonyl (C=O) groups is 1. The average molecular weight is 315 g/mol. The van der Waals surface area contributed by atoms with Gasteiger partial charge in [0.05, 0.1) is 0 Å². The predicted molar refractivity (Wildman–Crippen MR) is 94.8 cm³/mol. The molecule has 1 saturated carbocycles. The zero-order valence-corrected chi connectivity index (χ0v) is 14.4. The van der Waals surface area contributed by atoms with Gasteiger partial charge >= 0.3 is 6.03 Å². The Labute approximate surface area is 139 Å². The number of carbonyl (C=O) groups excluding carboxylic acids is 1. The van der Waals surface area contributed by atoms with Gasteiger partial charge in [0.1, 0.15) is 0 Å². The van der Waals surface area contributed by atoms with Crippen LogP contribution < -0.4 is 10.6 Å². The number of amides is 2. The number of anilines is 1. The molecule has 2 amide bonds. The Kier molecular flexibility index (Phi) is 4.62. The zero-order valence-electron chi connectivity index (χ0n) is 14.4. The first kappa shape index (κ1) is 16.3. The van der Waals surface area contributed by atoms with E-state index in [-0.39, 0.29) is 17.5 Å². The molecular weight excluding hydrogens is 286 g/mol. The molecule has 0 aromatic heterocycles. The first-order valence-electron chi connectivity index (χ1n) is 8.96. The van der Waals surface area contributed by atoms with Gasteiger partial charge in [0.2, 0.25) is 0 Å². The fourth-order valence-electron chi connectivity index (χ4n) is 4.11. The number of benzene rings is 1. The topological polar surface area (TPSA) is 49.6 Å². The van der Waals surface area contributed by atoms with E-state index in [1.54, 1.807) is 0 Å². The lowest BCUT2D eigenvalue weighted by Crippen LogP contribution is -2.37. The van der Waals surface area contributed by atoms with E-state index in [1.807, 2.05) is 9.80 Å². The maximum Gasteiger partial charge on any atom is 0.324 e. The molecule has 2 fully saturated rings. The molecule has 1 heterocycles. The number of urea groups is 1. The summed E-state index contributed by atoms with van der Waals surface area (Å²) in [4.78, 5) is 16.3. The molecular formula is C19H29N3O. The van der Waals surface area contributed by atoms with Crippen LogP contribution in [-0.4, -0.2) is 36.6 Å². The monoisotopic (exact) mass is 315 g/mol. The highest BCUT2D eigenvalue weighted by Gasteiger charge is 2.34. The fraction of sp³-hybridized carbons (Fsp3) is 0.632. The van der Waals surface area contributed by atoms with E-state index in [9.17, 15) is 4.79 Å². The molecule has 0 unspecified atom stereocenters. The summed E-state index contributed by atoms with van der Waals surface area (Å²) in [5.74, 6) is 0. The summed E-state index contributed by atoms with van der Waals surface area (Å²) < 4.78 is 0. The molecule has 0 radical (unpaired) electrons. The van der Waals surface area contributed by atoms with Crippen molar-refractivity contribution in [2.24, 2.45) is 5.73 Å². The minimum Gasteiger partial charge on any atom is -0.330 e. The smallest absolute Gasteiger partial charge is 0.324 e. The lowest BCUT2D eigenvalue weighted by atomic mass is 9.69. The molecule has 0 bridgehead atoms. The molecule has 4 heteroatoms. The number of rotatable bonds is 4. The largest absolute Gasteiger partial charge is 0.330 e. The lowest BCUT2D eigenvalue weighted by molar-refractivity contribution is 0.209. The molecule has 1 aromatic carbocycles. The van der Waals surface area contributed by atoms with E-state index in [2.05, 4.69) is 38.1 Å². The Balaban J connectivity index is 1.78. The second-order valence-electron chi connectivity index (χ2n) is 7.31. The SMILES string of the molecule is CC(C)N1CCN(c2ccc(C3(CN)CCCCC3)cc2)C1=O. The van der Waals surface area contributed by atoms with Gasteiger partial charge in [0.25, 0.3) is 0 Å². The lowest BCUT2D eigenvalue weighted by Gasteiger charge is -2.37. The van der Waals surface area contributed by atoms with E-state index in [4.69, 9.17) is 5.73 Å². The Morgan fingerprint density at radius 1 is 1.09 bits per heavy atom. The molecule has 1 saturated heterocycles. The molecule has 23 heavy (non-hydrogen) atoms. The van der Waals surface area contributed by atoms with Gasteiger partial charge in [-0.15, -0.1) is 0 Å². The Bertz CT molecular complexity index is 546. The van der Waals surface area contributed by atoms with Crippen LogP contribution in [0.15, 0.2) is 24.3 Å². The van der Waals surface area contributed by atoms with Gasteiger partial charge in [-0.05, 0) is 44.4 Å². The molecule has 2 N–H and O–H groups in total. The second kappa shape index (κ2) is 6.52. The van der Waals surface area contributed by atoms with Crippen molar-refractivity contribution in [2.75, 3.05) is 24.5 Å². The van der Waals surface area contributed by atoms with Crippen molar-refractivity contribution in [3.63, 3.8) is 0 Å². The highest BCUT2D eigenvalue weighted by atomic mass is 16.2. The van der Waals surface area contributed by atoms with Gasteiger partial charge in [-0.3, -0.25) is 4.90 Å². The summed E-state index contributed by atoms with van der Waals surface area (Å²) in [6, 6.07) is 8.97. The van der Waals surface area contributed by atoms with Gasteiger partial charge in [-0.25, -0.2) is 4.79 Å². The summed E-state index contributed by atoms with van der Waals surface area (Å²) in [7, 11) is 0. The van der Waals surface area contributed by atoms with Crippen LogP contribution in [0.5, 0.6) is 0 Å². The van der Waals surface area contributed by atoms with Crippen LogP contribution >= 0.6 is 0 Å². The summed E-state index contributed by atoms with van der Waals surface area (Å²) in [6.07, 6.45) is 6.24. The van der Waals surface area contributed by atoms with Gasteiger partial charge < -0.3 is 10.6 Å². The quantitative estimate of drug-likeness (QED) is 0.924. The van der Waals surface area contributed by atoms with E-state index >= 15 is 0 Å². The Morgan fingerprint density at radius 2 is 1.74 bits per heavy atom. The van der Waals surface area contributed by atoms with Crippen LogP contribution in [0.1, 0.15) is 51.5 Å². The van der Waals surface area contributed by atoms with Crippen LogP contribution in [-0.2, 0) is 5.41 Å². The highest BCUT2D eigenvalue weighted by Crippen LogP contribution is 2.39. The highest BCUT2D eigenvalue weighted by molar-refractivity contribution is 5.94. The van der Waals surface area contributed by atoms with Crippen LogP contribution in [0.4, 0.5) is 10.5 Å². The molecule has 4 nitrogen and oxygen atoms in total. The average Bonchev–Trinajstić information content (AvgIpc) is 2.97. The first-order chi connectivity index (χ1) is 11.1. The minimum atomic E-state index is 0.124. The normalized spacial score (nSPS) is 21.3. The van der Waals surface area contributed by atoms with Gasteiger partial charge in [0.15, 0.2) is 0 Å². The van der Waals surface area contributed by atoms with Gasteiger partial charge in [-0.1, -0.05) is 31.4 Å². The summed E-state index contributed by atoms with van der Waals surface area (Å²) in [6.45, 7) is 6.44. The second-order valence-corrected chi connectivity index (χ2v) is 7.31. The van der Waals surface area contributed by atoms with Crippen LogP contribution in [0.3, 0.4) is 0 Å². The standard InChI is InChI=1S/C19H29N3O/c1-15(2)21-12-13-22(18(21)23)17-8-6-16(7-9-17)19(14-20)10-4-3-5-11-19/h6-9,15H,3-5,10-14,20H2,1-2H3. The van der Waals surface area contributed by atoms with Crippen molar-refractivity contribution in [1.29, 1.82) is 0 Å². The van der Waals surface area contributed by atoms with Crippen molar-refractivity contribution in [3.8, 4) is 0 Å². The maximum atomic E-state index is 12.5. The Hall–Kier alpha value is -1.55. The number of hydrogen-bond acceptors (Lipinski definition) is 2. The molecule has 1 aromatic rings. The van der Waals surface area contributed by atoms with E-state index in [0.717, 1.165) is 25.3 Å². The van der Waals surface area contributed by atoms with Gasteiger partial charge in [0, 0.05) is 36.8 Å². The van der Waals surface area contributed by atoms with Crippen molar-refractivity contribution in [2.45, 2.75) is 57.4 Å². The Morgan fingerprint density at radius 3 is 2.26 bits per heavy atom. The third-order valence-corrected chi connectivity index (χ3v) is 5.66. The van der Waals surface area contributed by atoms with E-state index in [0.29, 0.717) is 0 Å². The maximum absolute atomic E-state index is 12.5. The van der Waals surface area contributed by atoms with Crippen LogP contribution in [0, 0.1) is 0 Å². The molecule has 0 atom stereocenters. The van der Waals surface area contributed by atoms with E-state index < -0.39 is 0 Å². The summed E-state index contributed by atoms with van der Waals surface area (Å²) in [5, 5.41) is 0. The molecule has 1 aliphatic heterocycles. The predicted octanol–water partition coefficient (Wildman–Crippen LogP) is 3.50. The van der Waals surface area contributed by atoms with Crippen molar-refractivity contribution in [3.05, 3.63) is 29.8 Å². The summed E-state index contributed by atoms with van der Waals surface area (Å²) in [5.41, 5.74) is 8.63. The molecule has 3 rings (SSSR count). The molecule has 2 aliphatic rings.